The molecule has 4 rings (SSSR count). The highest BCUT2D eigenvalue weighted by Gasteiger charge is 2.96. The zero-order valence-corrected chi connectivity index (χ0v) is 12.0. The van der Waals surface area contributed by atoms with Crippen molar-refractivity contribution in [3.05, 3.63) is 0 Å². The molecule has 0 radical (unpaired) electrons. The average molecular weight is 297 g/mol. The molecule has 4 aliphatic rings. The van der Waals surface area contributed by atoms with E-state index in [0.717, 1.165) is 12.8 Å². The van der Waals surface area contributed by atoms with Crippen molar-refractivity contribution in [1.29, 1.82) is 0 Å². The van der Waals surface area contributed by atoms with Gasteiger partial charge >= 0.3 is 0 Å². The maximum atomic E-state index is 12.1. The third-order valence-electron chi connectivity index (χ3n) is 5.95. The number of alkyl halides is 2. The van der Waals surface area contributed by atoms with Crippen LogP contribution in [0.3, 0.4) is 0 Å². The Hall–Kier alpha value is 0.490. The van der Waals surface area contributed by atoms with Crippen molar-refractivity contribution in [2.75, 3.05) is 5.75 Å². The van der Waals surface area contributed by atoms with Crippen LogP contribution in [-0.4, -0.2) is 29.5 Å². The summed E-state index contributed by atoms with van der Waals surface area (Å²) in [5, 5.41) is 0. The summed E-state index contributed by atoms with van der Waals surface area (Å²) < 4.78 is 28.8. The molecule has 96 valence electrons. The molecule has 0 aromatic carbocycles. The summed E-state index contributed by atoms with van der Waals surface area (Å²) in [6.07, 6.45) is 1.76. The van der Waals surface area contributed by atoms with Crippen molar-refractivity contribution in [3.63, 3.8) is 0 Å². The Morgan fingerprint density at radius 3 is 2.47 bits per heavy atom. The van der Waals surface area contributed by atoms with Crippen molar-refractivity contribution in [1.82, 2.24) is 0 Å². The van der Waals surface area contributed by atoms with Crippen LogP contribution in [0.1, 0.15) is 26.7 Å². The summed E-state index contributed by atoms with van der Waals surface area (Å²) in [6.45, 7) is 4.19. The lowest BCUT2D eigenvalue weighted by atomic mass is 9.66. The fourth-order valence-corrected chi connectivity index (χ4v) is 9.43. The van der Waals surface area contributed by atoms with Crippen molar-refractivity contribution >= 4 is 33.0 Å². The van der Waals surface area contributed by atoms with E-state index in [2.05, 4.69) is 13.8 Å². The molecule has 2 saturated carbocycles. The minimum atomic E-state index is -3.20. The van der Waals surface area contributed by atoms with Gasteiger partial charge in [0.1, 0.15) is 0 Å². The molecule has 4 atom stereocenters. The smallest absolute Gasteiger partial charge is 0.192 e. The summed E-state index contributed by atoms with van der Waals surface area (Å²) in [7, 11) is -3.20. The molecule has 0 aromatic heterocycles. The molecule has 2 spiro atoms. The first-order valence-corrected chi connectivity index (χ1v) is 8.38. The summed E-state index contributed by atoms with van der Waals surface area (Å²) >= 11 is 13.1. The van der Waals surface area contributed by atoms with Gasteiger partial charge in [-0.1, -0.05) is 37.0 Å². The second kappa shape index (κ2) is 2.41. The third-order valence-corrected chi connectivity index (χ3v) is 9.01. The van der Waals surface area contributed by atoms with E-state index in [4.69, 9.17) is 27.9 Å². The predicted molar refractivity (Wildman–Crippen MR) is 64.8 cm³/mol. The quantitative estimate of drug-likeness (QED) is 0.508. The lowest BCUT2D eigenvalue weighted by molar-refractivity contribution is 0.0713. The van der Waals surface area contributed by atoms with Crippen LogP contribution in [0.4, 0.5) is 0 Å². The molecule has 2 aliphatic carbocycles. The number of epoxide rings is 1. The molecule has 2 heterocycles. The largest absolute Gasteiger partial charge is 0.345 e. The van der Waals surface area contributed by atoms with Gasteiger partial charge in [0, 0.05) is 11.3 Å². The zero-order chi connectivity index (χ0) is 12.5. The first kappa shape index (κ1) is 11.3. The topological polar surface area (TPSA) is 46.7 Å². The predicted octanol–water partition coefficient (Wildman–Crippen LogP) is 2.12. The van der Waals surface area contributed by atoms with E-state index >= 15 is 0 Å². The molecule has 4 fully saturated rings. The van der Waals surface area contributed by atoms with Crippen LogP contribution in [0, 0.1) is 16.7 Å². The van der Waals surface area contributed by atoms with Gasteiger partial charge in [-0.3, -0.25) is 0 Å². The minimum absolute atomic E-state index is 0.124. The van der Waals surface area contributed by atoms with Crippen LogP contribution >= 0.6 is 23.2 Å². The van der Waals surface area contributed by atoms with E-state index in [-0.39, 0.29) is 22.5 Å². The first-order valence-electron chi connectivity index (χ1n) is 5.91. The Bertz CT molecular complexity index is 533. The Morgan fingerprint density at radius 2 is 1.94 bits per heavy atom. The lowest BCUT2D eigenvalue weighted by Gasteiger charge is -2.38. The number of sulfone groups is 1. The molecule has 0 N–H and O–H groups in total. The van der Waals surface area contributed by atoms with E-state index in [1.54, 1.807) is 0 Å². The summed E-state index contributed by atoms with van der Waals surface area (Å²) in [6, 6.07) is 0. The fraction of sp³-hybridized carbons (Fsp3) is 1.00. The Kier molecular flexibility index (Phi) is 1.61. The van der Waals surface area contributed by atoms with Crippen molar-refractivity contribution in [2.24, 2.45) is 16.7 Å². The number of ether oxygens (including phenoxy) is 1. The molecule has 3 nitrogen and oxygen atoms in total. The molecule has 0 amide bonds. The van der Waals surface area contributed by atoms with Gasteiger partial charge in [0.25, 0.3) is 0 Å². The number of hydrogen-bond acceptors (Lipinski definition) is 3. The SMILES string of the molecule is CC1(C)C2CCC13CS(=O)(=O)[C@@H]1OC13C2(Cl)Cl. The van der Waals surface area contributed by atoms with Gasteiger partial charge < -0.3 is 4.74 Å². The van der Waals surface area contributed by atoms with Gasteiger partial charge in [-0.05, 0) is 18.3 Å². The van der Waals surface area contributed by atoms with Crippen molar-refractivity contribution in [3.8, 4) is 0 Å². The lowest BCUT2D eigenvalue weighted by Crippen LogP contribution is -2.47. The second-order valence-corrected chi connectivity index (χ2v) is 9.94. The van der Waals surface area contributed by atoms with Crippen molar-refractivity contribution in [2.45, 2.75) is 42.1 Å². The minimum Gasteiger partial charge on any atom is -0.345 e. The summed E-state index contributed by atoms with van der Waals surface area (Å²) in [5.74, 6) is 0.314. The van der Waals surface area contributed by atoms with E-state index in [9.17, 15) is 8.42 Å². The van der Waals surface area contributed by atoms with Crippen LogP contribution in [0.2, 0.25) is 0 Å². The average Bonchev–Trinajstić information content (AvgIpc) is 2.78. The fourth-order valence-electron chi connectivity index (χ4n) is 5.10. The van der Waals surface area contributed by atoms with Gasteiger partial charge in [0.05, 0.1) is 5.75 Å². The normalized spacial score (nSPS) is 58.8. The second-order valence-electron chi connectivity index (χ2n) is 6.51. The van der Waals surface area contributed by atoms with E-state index < -0.39 is 25.2 Å². The summed E-state index contributed by atoms with van der Waals surface area (Å²) in [5.41, 5.74) is -2.13. The van der Waals surface area contributed by atoms with Gasteiger partial charge in [0.2, 0.25) is 0 Å². The molecular formula is C11H14Cl2O3S. The Morgan fingerprint density at radius 1 is 1.29 bits per heavy atom. The highest BCUT2D eigenvalue weighted by molar-refractivity contribution is 7.92. The number of halogens is 2. The Balaban J connectivity index is 2.05. The number of rotatable bonds is 0. The molecule has 3 unspecified atom stereocenters. The van der Waals surface area contributed by atoms with Crippen LogP contribution in [0.15, 0.2) is 0 Å². The highest BCUT2D eigenvalue weighted by Crippen LogP contribution is 2.86. The monoisotopic (exact) mass is 296 g/mol. The molecule has 6 heteroatoms. The van der Waals surface area contributed by atoms with Crippen LogP contribution in [0.5, 0.6) is 0 Å². The third kappa shape index (κ3) is 0.783. The molecule has 17 heavy (non-hydrogen) atoms. The standard InChI is InChI=1S/C11H14Cl2O3S/c1-8(2)6-3-4-9(8)5-17(14,15)7-10(9,16-7)11(6,12)13/h6-7H,3-5H2,1-2H3/t6?,7-,9?,10?/m0/s1. The van der Waals surface area contributed by atoms with Crippen LogP contribution in [-0.2, 0) is 14.6 Å². The van der Waals surface area contributed by atoms with E-state index in [1.165, 1.54) is 0 Å². The zero-order valence-electron chi connectivity index (χ0n) is 9.66. The van der Waals surface area contributed by atoms with Gasteiger partial charge in [-0.2, -0.15) is 0 Å². The first-order chi connectivity index (χ1) is 7.64. The van der Waals surface area contributed by atoms with Gasteiger partial charge in [0.15, 0.2) is 25.2 Å². The van der Waals surface area contributed by atoms with Crippen LogP contribution < -0.4 is 0 Å². The number of fused-ring (bicyclic) bond motifs is 1. The van der Waals surface area contributed by atoms with E-state index in [1.807, 2.05) is 0 Å². The molecule has 2 bridgehead atoms. The van der Waals surface area contributed by atoms with Crippen LogP contribution in [0.25, 0.3) is 0 Å². The molecule has 2 saturated heterocycles. The summed E-state index contributed by atoms with van der Waals surface area (Å²) in [4.78, 5) is 0. The van der Waals surface area contributed by atoms with Gasteiger partial charge in [-0.15, -0.1) is 0 Å². The molecule has 2 aliphatic heterocycles. The maximum Gasteiger partial charge on any atom is 0.192 e. The van der Waals surface area contributed by atoms with Crippen molar-refractivity contribution < 1.29 is 13.2 Å². The van der Waals surface area contributed by atoms with Gasteiger partial charge in [-0.25, -0.2) is 8.42 Å². The molecular weight excluding hydrogens is 283 g/mol. The Labute approximate surface area is 111 Å². The highest BCUT2D eigenvalue weighted by atomic mass is 35.5. The molecule has 0 aromatic rings. The van der Waals surface area contributed by atoms with E-state index in [0.29, 0.717) is 0 Å². The number of hydrogen-bond donors (Lipinski definition) is 0. The maximum absolute atomic E-state index is 12.1.